The highest BCUT2D eigenvalue weighted by molar-refractivity contribution is 5.81. The third kappa shape index (κ3) is 7.35. The first-order valence-corrected chi connectivity index (χ1v) is 10.1. The molecule has 25 heavy (non-hydrogen) atoms. The minimum absolute atomic E-state index is 0.0440. The van der Waals surface area contributed by atoms with Crippen LogP contribution in [0.2, 0.25) is 0 Å². The maximum absolute atomic E-state index is 12.1. The maximum atomic E-state index is 12.1. The van der Waals surface area contributed by atoms with Gasteiger partial charge in [0.25, 0.3) is 0 Å². The molecule has 0 spiro atoms. The van der Waals surface area contributed by atoms with Gasteiger partial charge in [-0.15, -0.1) is 0 Å². The fourth-order valence-corrected chi connectivity index (χ4v) is 3.83. The van der Waals surface area contributed by atoms with E-state index in [2.05, 4.69) is 15.5 Å². The molecule has 0 radical (unpaired) electrons. The second kappa shape index (κ2) is 9.56. The molecule has 0 bridgehead atoms. The van der Waals surface area contributed by atoms with Crippen LogP contribution in [0.15, 0.2) is 0 Å². The normalized spacial score (nSPS) is 20.6. The molecule has 5 nitrogen and oxygen atoms in total. The van der Waals surface area contributed by atoms with E-state index in [4.69, 9.17) is 0 Å². The monoisotopic (exact) mass is 351 g/mol. The van der Waals surface area contributed by atoms with Crippen LogP contribution in [0.25, 0.3) is 0 Å². The topological polar surface area (TPSA) is 61.4 Å². The first-order chi connectivity index (χ1) is 11.8. The molecule has 1 saturated heterocycles. The Hall–Kier alpha value is -1.10. The summed E-state index contributed by atoms with van der Waals surface area (Å²) in [5, 5.41) is 6.07. The van der Waals surface area contributed by atoms with Crippen LogP contribution >= 0.6 is 0 Å². The molecule has 0 atom stereocenters. The van der Waals surface area contributed by atoms with Crippen LogP contribution in [-0.4, -0.2) is 48.9 Å². The zero-order valence-electron chi connectivity index (χ0n) is 16.4. The minimum atomic E-state index is -0.366. The summed E-state index contributed by atoms with van der Waals surface area (Å²) in [5.41, 5.74) is -0.366. The highest BCUT2D eigenvalue weighted by Crippen LogP contribution is 2.26. The van der Waals surface area contributed by atoms with Gasteiger partial charge in [-0.3, -0.25) is 9.59 Å². The van der Waals surface area contributed by atoms with Crippen LogP contribution in [0.3, 0.4) is 0 Å². The van der Waals surface area contributed by atoms with Crippen molar-refractivity contribution in [2.75, 3.05) is 26.2 Å². The summed E-state index contributed by atoms with van der Waals surface area (Å²) in [7, 11) is 0. The number of piperidine rings is 1. The van der Waals surface area contributed by atoms with E-state index in [9.17, 15) is 9.59 Å². The highest BCUT2D eigenvalue weighted by Gasteiger charge is 2.24. The van der Waals surface area contributed by atoms with Gasteiger partial charge in [0.15, 0.2) is 0 Å². The van der Waals surface area contributed by atoms with Gasteiger partial charge in [-0.2, -0.15) is 0 Å². The lowest BCUT2D eigenvalue weighted by Crippen LogP contribution is -2.45. The van der Waals surface area contributed by atoms with Crippen molar-refractivity contribution in [2.24, 2.45) is 11.3 Å². The summed E-state index contributed by atoms with van der Waals surface area (Å²) in [6.45, 7) is 9.75. The van der Waals surface area contributed by atoms with Gasteiger partial charge < -0.3 is 15.5 Å². The lowest BCUT2D eigenvalue weighted by atomic mass is 9.96. The van der Waals surface area contributed by atoms with Crippen molar-refractivity contribution < 1.29 is 9.59 Å². The fraction of sp³-hybridized carbons (Fsp3) is 0.900. The molecule has 1 heterocycles. The van der Waals surface area contributed by atoms with Crippen LogP contribution in [0.1, 0.15) is 72.1 Å². The molecule has 0 aromatic heterocycles. The van der Waals surface area contributed by atoms with Gasteiger partial charge in [-0.05, 0) is 38.0 Å². The average Bonchev–Trinajstić information content (AvgIpc) is 3.05. The third-order valence-electron chi connectivity index (χ3n) is 5.49. The van der Waals surface area contributed by atoms with Gasteiger partial charge in [0, 0.05) is 44.1 Å². The number of likely N-dealkylation sites (tertiary alicyclic amines) is 1. The van der Waals surface area contributed by atoms with Gasteiger partial charge in [0.2, 0.25) is 11.8 Å². The zero-order chi connectivity index (χ0) is 18.3. The molecule has 2 amide bonds. The quantitative estimate of drug-likeness (QED) is 0.693. The van der Waals surface area contributed by atoms with Gasteiger partial charge in [-0.25, -0.2) is 0 Å². The number of amides is 2. The summed E-state index contributed by atoms with van der Waals surface area (Å²) >= 11 is 0. The van der Waals surface area contributed by atoms with E-state index in [0.717, 1.165) is 31.8 Å². The van der Waals surface area contributed by atoms with Gasteiger partial charge >= 0.3 is 0 Å². The van der Waals surface area contributed by atoms with Crippen LogP contribution in [0.5, 0.6) is 0 Å². The number of carbonyl (C=O) groups excluding carboxylic acids is 2. The Morgan fingerprint density at radius 2 is 1.68 bits per heavy atom. The molecule has 1 aliphatic carbocycles. The number of nitrogens with one attached hydrogen (secondary N) is 2. The van der Waals surface area contributed by atoms with E-state index < -0.39 is 0 Å². The molecule has 0 unspecified atom stereocenters. The number of hydrogen-bond acceptors (Lipinski definition) is 3. The molecule has 1 saturated carbocycles. The van der Waals surface area contributed by atoms with Gasteiger partial charge in [0.1, 0.15) is 0 Å². The summed E-state index contributed by atoms with van der Waals surface area (Å²) in [6, 6.07) is 0.330. The number of hydrogen-bond donors (Lipinski definition) is 2. The predicted octanol–water partition coefficient (Wildman–Crippen LogP) is 2.70. The Morgan fingerprint density at radius 3 is 2.28 bits per heavy atom. The lowest BCUT2D eigenvalue weighted by Gasteiger charge is -2.33. The smallest absolute Gasteiger partial charge is 0.225 e. The van der Waals surface area contributed by atoms with Crippen molar-refractivity contribution in [2.45, 2.75) is 78.2 Å². The first kappa shape index (κ1) is 20.2. The fourth-order valence-electron chi connectivity index (χ4n) is 3.83. The number of rotatable bonds is 7. The van der Waals surface area contributed by atoms with Crippen molar-refractivity contribution in [3.63, 3.8) is 0 Å². The van der Waals surface area contributed by atoms with Crippen molar-refractivity contribution >= 4 is 11.8 Å². The van der Waals surface area contributed by atoms with Gasteiger partial charge in [-0.1, -0.05) is 33.6 Å². The lowest BCUT2D eigenvalue weighted by molar-refractivity contribution is -0.128. The Kier molecular flexibility index (Phi) is 7.73. The molecule has 2 aliphatic rings. The molecule has 5 heteroatoms. The average molecular weight is 352 g/mol. The van der Waals surface area contributed by atoms with E-state index in [0.29, 0.717) is 25.4 Å². The molecule has 144 valence electrons. The molecule has 0 aromatic rings. The van der Waals surface area contributed by atoms with E-state index in [1.165, 1.54) is 32.2 Å². The predicted molar refractivity (Wildman–Crippen MR) is 101 cm³/mol. The molecule has 2 N–H and O–H groups in total. The molecular formula is C20H37N3O2. The second-order valence-corrected chi connectivity index (χ2v) is 8.90. The highest BCUT2D eigenvalue weighted by atomic mass is 16.2. The summed E-state index contributed by atoms with van der Waals surface area (Å²) < 4.78 is 0. The summed E-state index contributed by atoms with van der Waals surface area (Å²) in [4.78, 5) is 26.4. The molecule has 1 aliphatic heterocycles. The summed E-state index contributed by atoms with van der Waals surface area (Å²) in [6.07, 6.45) is 8.96. The number of carbonyl (C=O) groups is 2. The zero-order valence-corrected chi connectivity index (χ0v) is 16.4. The van der Waals surface area contributed by atoms with E-state index >= 15 is 0 Å². The van der Waals surface area contributed by atoms with Crippen LogP contribution < -0.4 is 10.6 Å². The SMILES string of the molecule is CC(C)(C)C(=O)NCCCC(=O)NC1CCN(CC2CCCC2)CC1. The van der Waals surface area contributed by atoms with Crippen molar-refractivity contribution in [3.8, 4) is 0 Å². The molecule has 2 rings (SSSR count). The van der Waals surface area contributed by atoms with Crippen LogP contribution in [-0.2, 0) is 9.59 Å². The van der Waals surface area contributed by atoms with Gasteiger partial charge in [0.05, 0.1) is 0 Å². The molecular weight excluding hydrogens is 314 g/mol. The molecule has 0 aromatic carbocycles. The first-order valence-electron chi connectivity index (χ1n) is 10.1. The Bertz CT molecular complexity index is 431. The standard InChI is InChI=1S/C20H37N3O2/c1-20(2,3)19(25)21-12-6-9-18(24)22-17-10-13-23(14-11-17)15-16-7-4-5-8-16/h16-17H,4-15H2,1-3H3,(H,21,25)(H,22,24). The Balaban J connectivity index is 1.53. The van der Waals surface area contributed by atoms with Crippen LogP contribution in [0, 0.1) is 11.3 Å². The van der Waals surface area contributed by atoms with E-state index in [1.54, 1.807) is 0 Å². The third-order valence-corrected chi connectivity index (χ3v) is 5.49. The molecule has 2 fully saturated rings. The van der Waals surface area contributed by atoms with Crippen molar-refractivity contribution in [1.29, 1.82) is 0 Å². The van der Waals surface area contributed by atoms with Crippen molar-refractivity contribution in [1.82, 2.24) is 15.5 Å². The second-order valence-electron chi connectivity index (χ2n) is 8.90. The maximum Gasteiger partial charge on any atom is 0.225 e. The van der Waals surface area contributed by atoms with Crippen molar-refractivity contribution in [3.05, 3.63) is 0 Å². The van der Waals surface area contributed by atoms with E-state index in [1.807, 2.05) is 20.8 Å². The Labute approximate surface area is 153 Å². The summed E-state index contributed by atoms with van der Waals surface area (Å²) in [5.74, 6) is 1.08. The van der Waals surface area contributed by atoms with Crippen LogP contribution in [0.4, 0.5) is 0 Å². The number of nitrogens with zero attached hydrogens (tertiary/aromatic N) is 1. The Morgan fingerprint density at radius 1 is 1.04 bits per heavy atom. The van der Waals surface area contributed by atoms with E-state index in [-0.39, 0.29) is 17.2 Å². The largest absolute Gasteiger partial charge is 0.356 e. The minimum Gasteiger partial charge on any atom is -0.356 e.